The number of aromatic nitrogens is 1. The summed E-state index contributed by atoms with van der Waals surface area (Å²) < 4.78 is 5.76. The first kappa shape index (κ1) is 14.0. The van der Waals surface area contributed by atoms with E-state index in [-0.39, 0.29) is 6.04 Å². The number of hydrogen-bond acceptors (Lipinski definition) is 4. The lowest BCUT2D eigenvalue weighted by molar-refractivity contribution is 0.321. The van der Waals surface area contributed by atoms with Crippen LogP contribution in [0.3, 0.4) is 0 Å². The third-order valence-corrected chi connectivity index (χ3v) is 3.85. The molecule has 0 fully saturated rings. The number of ether oxygens (including phenoxy) is 1. The van der Waals surface area contributed by atoms with Crippen molar-refractivity contribution in [2.75, 3.05) is 6.61 Å². The Balaban J connectivity index is 1.85. The normalized spacial score (nSPS) is 12.4. The van der Waals surface area contributed by atoms with Crippen LogP contribution in [0.25, 0.3) is 0 Å². The largest absolute Gasteiger partial charge is 0.493 e. The van der Waals surface area contributed by atoms with Gasteiger partial charge in [-0.1, -0.05) is 19.1 Å². The molecule has 2 aromatic rings. The lowest BCUT2D eigenvalue weighted by Crippen LogP contribution is -2.06. The monoisotopic (exact) mass is 276 g/mol. The van der Waals surface area contributed by atoms with Crippen molar-refractivity contribution < 1.29 is 4.74 Å². The molecule has 102 valence electrons. The fraction of sp³-hybridized carbons (Fsp3) is 0.400. The van der Waals surface area contributed by atoms with Crippen molar-refractivity contribution in [2.45, 2.75) is 32.7 Å². The highest BCUT2D eigenvalue weighted by molar-refractivity contribution is 7.09. The zero-order valence-electron chi connectivity index (χ0n) is 11.4. The quantitative estimate of drug-likeness (QED) is 0.880. The van der Waals surface area contributed by atoms with Crippen LogP contribution in [-0.2, 0) is 12.8 Å². The fourth-order valence-corrected chi connectivity index (χ4v) is 2.64. The van der Waals surface area contributed by atoms with Crippen LogP contribution in [0.4, 0.5) is 0 Å². The summed E-state index contributed by atoms with van der Waals surface area (Å²) in [5, 5.41) is 3.11. The molecule has 19 heavy (non-hydrogen) atoms. The van der Waals surface area contributed by atoms with Gasteiger partial charge in [-0.15, -0.1) is 11.3 Å². The number of nitrogens with zero attached hydrogens (tertiary/aromatic N) is 1. The third kappa shape index (κ3) is 4.04. The molecule has 0 saturated carbocycles. The summed E-state index contributed by atoms with van der Waals surface area (Å²) in [6.07, 6.45) is 1.86. The Morgan fingerprint density at radius 1 is 1.42 bits per heavy atom. The molecule has 0 spiro atoms. The van der Waals surface area contributed by atoms with Gasteiger partial charge in [-0.25, -0.2) is 4.98 Å². The van der Waals surface area contributed by atoms with Gasteiger partial charge in [0.25, 0.3) is 0 Å². The van der Waals surface area contributed by atoms with Crippen LogP contribution in [0.15, 0.2) is 29.6 Å². The van der Waals surface area contributed by atoms with Gasteiger partial charge in [0.2, 0.25) is 0 Å². The molecule has 1 atom stereocenters. The van der Waals surface area contributed by atoms with E-state index in [9.17, 15) is 0 Å². The second-order valence-corrected chi connectivity index (χ2v) is 5.50. The van der Waals surface area contributed by atoms with Crippen LogP contribution >= 0.6 is 11.3 Å². The van der Waals surface area contributed by atoms with Gasteiger partial charge >= 0.3 is 0 Å². The number of rotatable bonds is 6. The molecule has 0 aliphatic heterocycles. The Kier molecular flexibility index (Phi) is 4.93. The molecule has 0 aliphatic rings. The van der Waals surface area contributed by atoms with Gasteiger partial charge in [0.05, 0.1) is 17.3 Å². The summed E-state index contributed by atoms with van der Waals surface area (Å²) in [7, 11) is 0. The first-order valence-corrected chi connectivity index (χ1v) is 7.48. The van der Waals surface area contributed by atoms with Gasteiger partial charge in [-0.05, 0) is 31.0 Å². The van der Waals surface area contributed by atoms with E-state index in [0.29, 0.717) is 6.61 Å². The minimum atomic E-state index is 0.00662. The standard InChI is InChI=1S/C15H20N2OS/c1-3-12-5-4-6-13(9-12)18-8-7-15-17-14(10-19-15)11(2)16/h4-6,9-11H,3,7-8,16H2,1-2H3. The fourth-order valence-electron chi connectivity index (χ4n) is 1.76. The van der Waals surface area contributed by atoms with Gasteiger partial charge in [0.1, 0.15) is 5.75 Å². The first-order chi connectivity index (χ1) is 9.19. The SMILES string of the molecule is CCc1cccc(OCCc2nc(C(C)N)cs2)c1. The Labute approximate surface area is 118 Å². The van der Waals surface area contributed by atoms with Crippen LogP contribution in [0, 0.1) is 0 Å². The molecule has 2 rings (SSSR count). The number of benzene rings is 1. The summed E-state index contributed by atoms with van der Waals surface area (Å²) in [5.41, 5.74) is 8.05. The first-order valence-electron chi connectivity index (χ1n) is 6.60. The molecule has 3 nitrogen and oxygen atoms in total. The lowest BCUT2D eigenvalue weighted by Gasteiger charge is -2.06. The summed E-state index contributed by atoms with van der Waals surface area (Å²) >= 11 is 1.65. The van der Waals surface area contributed by atoms with Crippen LogP contribution in [0.2, 0.25) is 0 Å². The minimum absolute atomic E-state index is 0.00662. The van der Waals surface area contributed by atoms with E-state index >= 15 is 0 Å². The van der Waals surface area contributed by atoms with E-state index in [1.54, 1.807) is 11.3 Å². The van der Waals surface area contributed by atoms with Gasteiger partial charge in [-0.2, -0.15) is 0 Å². The zero-order chi connectivity index (χ0) is 13.7. The molecule has 0 saturated heterocycles. The van der Waals surface area contributed by atoms with E-state index in [1.807, 2.05) is 24.4 Å². The van der Waals surface area contributed by atoms with Gasteiger partial charge in [0.15, 0.2) is 0 Å². The molecule has 1 unspecified atom stereocenters. The van der Waals surface area contributed by atoms with Gasteiger partial charge < -0.3 is 10.5 Å². The summed E-state index contributed by atoms with van der Waals surface area (Å²) in [6.45, 7) is 4.74. The lowest BCUT2D eigenvalue weighted by atomic mass is 10.2. The van der Waals surface area contributed by atoms with Crippen molar-refractivity contribution >= 4 is 11.3 Å². The zero-order valence-corrected chi connectivity index (χ0v) is 12.2. The molecule has 1 aromatic carbocycles. The van der Waals surface area contributed by atoms with E-state index in [1.165, 1.54) is 5.56 Å². The van der Waals surface area contributed by atoms with Crippen molar-refractivity contribution in [2.24, 2.45) is 5.73 Å². The average molecular weight is 276 g/mol. The van der Waals surface area contributed by atoms with Crippen molar-refractivity contribution in [3.63, 3.8) is 0 Å². The number of aryl methyl sites for hydroxylation is 1. The van der Waals surface area contributed by atoms with Crippen molar-refractivity contribution in [1.82, 2.24) is 4.98 Å². The number of thiazole rings is 1. The van der Waals surface area contributed by atoms with Gasteiger partial charge in [0, 0.05) is 17.8 Å². The molecule has 0 amide bonds. The topological polar surface area (TPSA) is 48.1 Å². The van der Waals surface area contributed by atoms with E-state index in [0.717, 1.165) is 29.3 Å². The molecular weight excluding hydrogens is 256 g/mol. The van der Waals surface area contributed by atoms with Crippen LogP contribution in [0.1, 0.15) is 36.2 Å². The Morgan fingerprint density at radius 3 is 2.95 bits per heavy atom. The van der Waals surface area contributed by atoms with E-state index in [4.69, 9.17) is 10.5 Å². The van der Waals surface area contributed by atoms with Crippen molar-refractivity contribution in [1.29, 1.82) is 0 Å². The number of hydrogen-bond donors (Lipinski definition) is 1. The molecule has 1 heterocycles. The summed E-state index contributed by atoms with van der Waals surface area (Å²) in [6, 6.07) is 8.24. The molecule has 4 heteroatoms. The van der Waals surface area contributed by atoms with Crippen LogP contribution in [-0.4, -0.2) is 11.6 Å². The van der Waals surface area contributed by atoms with E-state index < -0.39 is 0 Å². The van der Waals surface area contributed by atoms with Crippen LogP contribution < -0.4 is 10.5 Å². The Bertz CT molecular complexity index is 522. The molecule has 0 radical (unpaired) electrons. The molecule has 0 bridgehead atoms. The molecular formula is C15H20N2OS. The highest BCUT2D eigenvalue weighted by Crippen LogP contribution is 2.17. The maximum Gasteiger partial charge on any atom is 0.119 e. The molecule has 2 N–H and O–H groups in total. The highest BCUT2D eigenvalue weighted by atomic mass is 32.1. The van der Waals surface area contributed by atoms with Crippen molar-refractivity contribution in [3.05, 3.63) is 45.9 Å². The second-order valence-electron chi connectivity index (χ2n) is 4.55. The maximum atomic E-state index is 5.79. The highest BCUT2D eigenvalue weighted by Gasteiger charge is 2.06. The second kappa shape index (κ2) is 6.68. The van der Waals surface area contributed by atoms with Crippen LogP contribution in [0.5, 0.6) is 5.75 Å². The number of nitrogens with two attached hydrogens (primary N) is 1. The minimum Gasteiger partial charge on any atom is -0.493 e. The maximum absolute atomic E-state index is 5.79. The average Bonchev–Trinajstić information content (AvgIpc) is 2.88. The Morgan fingerprint density at radius 2 is 2.26 bits per heavy atom. The Hall–Kier alpha value is -1.39. The summed E-state index contributed by atoms with van der Waals surface area (Å²) in [5.74, 6) is 0.934. The predicted octanol–water partition coefficient (Wildman–Crippen LogP) is 3.35. The van der Waals surface area contributed by atoms with E-state index in [2.05, 4.69) is 24.0 Å². The smallest absolute Gasteiger partial charge is 0.119 e. The summed E-state index contributed by atoms with van der Waals surface area (Å²) in [4.78, 5) is 4.49. The molecule has 1 aromatic heterocycles. The van der Waals surface area contributed by atoms with Crippen molar-refractivity contribution in [3.8, 4) is 5.75 Å². The molecule has 0 aliphatic carbocycles. The third-order valence-electron chi connectivity index (χ3n) is 2.93. The predicted molar refractivity (Wildman–Crippen MR) is 79.7 cm³/mol. The van der Waals surface area contributed by atoms with Gasteiger partial charge in [-0.3, -0.25) is 0 Å².